The molecule has 0 saturated carbocycles. The number of carbonyl (C=O) groups excluding carboxylic acids is 3. The van der Waals surface area contributed by atoms with Crippen LogP contribution >= 0.6 is 0 Å². The largest absolute Gasteiger partial charge is 0.462 e. The van der Waals surface area contributed by atoms with E-state index in [2.05, 4.69) is 4.98 Å². The number of nitrogens with one attached hydrogen (secondary N) is 1. The van der Waals surface area contributed by atoms with Gasteiger partial charge in [-0.1, -0.05) is 30.3 Å². The van der Waals surface area contributed by atoms with Crippen LogP contribution in [0.4, 0.5) is 4.39 Å². The lowest BCUT2D eigenvalue weighted by atomic mass is 9.86. The molecule has 7 nitrogen and oxygen atoms in total. The Morgan fingerprint density at radius 1 is 1.02 bits per heavy atom. The maximum atomic E-state index is 13.8. The number of H-pyrrole nitrogens is 1. The van der Waals surface area contributed by atoms with Crippen molar-refractivity contribution in [2.24, 2.45) is 0 Å². The Morgan fingerprint density at radius 3 is 2.49 bits per heavy atom. The highest BCUT2D eigenvalue weighted by Crippen LogP contribution is 2.36. The van der Waals surface area contributed by atoms with E-state index in [9.17, 15) is 18.8 Å². The lowest BCUT2D eigenvalue weighted by Gasteiger charge is -2.23. The Kier molecular flexibility index (Phi) is 7.83. The van der Waals surface area contributed by atoms with Crippen LogP contribution in [0.15, 0.2) is 48.5 Å². The van der Waals surface area contributed by atoms with Crippen LogP contribution in [0.3, 0.4) is 0 Å². The number of aromatic amines is 1. The van der Waals surface area contributed by atoms with Gasteiger partial charge in [0.25, 0.3) is 0 Å². The average molecular weight is 555 g/mol. The van der Waals surface area contributed by atoms with Gasteiger partial charge in [0.05, 0.1) is 34.6 Å². The highest BCUT2D eigenvalue weighted by Gasteiger charge is 2.31. The first kappa shape index (κ1) is 28.0. The molecule has 2 aromatic carbocycles. The number of aromatic nitrogens is 2. The Labute approximate surface area is 237 Å². The molecule has 8 heteroatoms. The summed E-state index contributed by atoms with van der Waals surface area (Å²) in [5.74, 6) is -1.88. The number of nitrogens with zero attached hydrogens (tertiary/aromatic N) is 1. The highest BCUT2D eigenvalue weighted by atomic mass is 19.1. The van der Waals surface area contributed by atoms with Gasteiger partial charge in [0.2, 0.25) is 5.78 Å². The van der Waals surface area contributed by atoms with E-state index in [0.29, 0.717) is 45.4 Å². The summed E-state index contributed by atoms with van der Waals surface area (Å²) in [5, 5.41) is 0.649. The number of halogens is 1. The molecular weight excluding hydrogens is 523 g/mol. The topological polar surface area (TPSA) is 98.4 Å². The third-order valence-corrected chi connectivity index (χ3v) is 7.40. The molecule has 210 valence electrons. The molecule has 0 bridgehead atoms. The van der Waals surface area contributed by atoms with E-state index in [1.165, 1.54) is 19.1 Å². The highest BCUT2D eigenvalue weighted by molar-refractivity contribution is 6.09. The smallest absolute Gasteiger partial charge is 0.340 e. The third kappa shape index (κ3) is 5.42. The predicted octanol–water partition coefficient (Wildman–Crippen LogP) is 6.80. The van der Waals surface area contributed by atoms with Crippen molar-refractivity contribution in [3.8, 4) is 0 Å². The van der Waals surface area contributed by atoms with E-state index in [4.69, 9.17) is 14.5 Å². The van der Waals surface area contributed by atoms with Crippen molar-refractivity contribution in [3.63, 3.8) is 0 Å². The van der Waals surface area contributed by atoms with Crippen LogP contribution in [0, 0.1) is 19.7 Å². The summed E-state index contributed by atoms with van der Waals surface area (Å²) in [5.41, 5.74) is 5.77. The van der Waals surface area contributed by atoms with Crippen molar-refractivity contribution >= 4 is 40.3 Å². The molecule has 0 amide bonds. The summed E-state index contributed by atoms with van der Waals surface area (Å²) in [6, 6.07) is 13.6. The summed E-state index contributed by atoms with van der Waals surface area (Å²) < 4.78 is 24.4. The number of carbonyl (C=O) groups is 3. The van der Waals surface area contributed by atoms with E-state index in [1.807, 2.05) is 30.3 Å². The van der Waals surface area contributed by atoms with E-state index in [1.54, 1.807) is 32.9 Å². The number of ketones is 1. The first-order chi connectivity index (χ1) is 19.7. The number of benzene rings is 2. The van der Waals surface area contributed by atoms with Gasteiger partial charge in [-0.2, -0.15) is 0 Å². The standard InChI is InChI=1S/C33H31FN2O5/c1-5-40-32(38)27-18(2)29(35-19(27)3)31(37)20(4)41-33(39)28-24-10-6-7-12-26(24)36-30-22(9-8-11-25(28)30)17-21-13-15-23(34)16-14-21/h6-7,10,12-17,20,35H,5,8-9,11H2,1-4H3/b22-17+/t20-/m1/s1. The molecule has 1 atom stereocenters. The number of hydrogen-bond acceptors (Lipinski definition) is 6. The second-order valence-corrected chi connectivity index (χ2v) is 10.2. The normalized spacial score (nSPS) is 14.5. The zero-order valence-corrected chi connectivity index (χ0v) is 23.5. The van der Waals surface area contributed by atoms with Crippen molar-refractivity contribution in [1.82, 2.24) is 9.97 Å². The predicted molar refractivity (Wildman–Crippen MR) is 154 cm³/mol. The summed E-state index contributed by atoms with van der Waals surface area (Å²) >= 11 is 0. The Balaban J connectivity index is 1.50. The van der Waals surface area contributed by atoms with Gasteiger partial charge >= 0.3 is 11.9 Å². The average Bonchev–Trinajstić information content (AvgIpc) is 3.26. The van der Waals surface area contributed by atoms with Gasteiger partial charge in [0.15, 0.2) is 6.10 Å². The van der Waals surface area contributed by atoms with Crippen molar-refractivity contribution in [1.29, 1.82) is 0 Å². The minimum absolute atomic E-state index is 0.206. The lowest BCUT2D eigenvalue weighted by molar-refractivity contribution is 0.0317. The molecule has 4 aromatic rings. The first-order valence-corrected chi connectivity index (χ1v) is 13.7. The van der Waals surface area contributed by atoms with Gasteiger partial charge in [-0.25, -0.2) is 19.0 Å². The zero-order valence-electron chi connectivity index (χ0n) is 23.5. The van der Waals surface area contributed by atoms with Crippen LogP contribution in [-0.2, 0) is 15.9 Å². The number of aryl methyl sites for hydroxylation is 1. The molecule has 0 fully saturated rings. The molecule has 5 rings (SSSR count). The van der Waals surface area contributed by atoms with Gasteiger partial charge in [-0.3, -0.25) is 4.79 Å². The second kappa shape index (κ2) is 11.5. The monoisotopic (exact) mass is 554 g/mol. The Morgan fingerprint density at radius 2 is 1.76 bits per heavy atom. The molecule has 1 N–H and O–H groups in total. The quantitative estimate of drug-likeness (QED) is 0.199. The second-order valence-electron chi connectivity index (χ2n) is 10.2. The van der Waals surface area contributed by atoms with Gasteiger partial charge in [0.1, 0.15) is 5.82 Å². The number of pyridine rings is 1. The number of fused-ring (bicyclic) bond motifs is 2. The molecule has 2 heterocycles. The van der Waals surface area contributed by atoms with Crippen LogP contribution in [0.25, 0.3) is 22.6 Å². The number of ether oxygens (including phenoxy) is 2. The molecule has 0 unspecified atom stereocenters. The number of para-hydroxylation sites is 1. The molecular formula is C33H31FN2O5. The minimum Gasteiger partial charge on any atom is -0.462 e. The Bertz CT molecular complexity index is 1700. The summed E-state index contributed by atoms with van der Waals surface area (Å²) in [6.45, 7) is 6.81. The molecule has 0 radical (unpaired) electrons. The van der Waals surface area contributed by atoms with Gasteiger partial charge < -0.3 is 14.5 Å². The zero-order chi connectivity index (χ0) is 29.3. The summed E-state index contributed by atoms with van der Waals surface area (Å²) in [6.07, 6.45) is 3.03. The lowest BCUT2D eigenvalue weighted by Crippen LogP contribution is -2.26. The fourth-order valence-corrected chi connectivity index (χ4v) is 5.45. The van der Waals surface area contributed by atoms with E-state index in [-0.39, 0.29) is 18.1 Å². The van der Waals surface area contributed by atoms with Crippen LogP contribution < -0.4 is 0 Å². The van der Waals surface area contributed by atoms with E-state index in [0.717, 1.165) is 29.5 Å². The number of Topliss-reactive ketones (excluding diaryl/α,β-unsaturated/α-hetero) is 1. The van der Waals surface area contributed by atoms with Gasteiger partial charge in [-0.05, 0) is 93.5 Å². The van der Waals surface area contributed by atoms with E-state index < -0.39 is 23.8 Å². The van der Waals surface area contributed by atoms with Crippen LogP contribution in [-0.4, -0.2) is 40.4 Å². The maximum absolute atomic E-state index is 13.8. The van der Waals surface area contributed by atoms with Gasteiger partial charge in [0, 0.05) is 11.1 Å². The molecule has 0 aliphatic heterocycles. The van der Waals surface area contributed by atoms with Crippen LogP contribution in [0.1, 0.15) is 86.0 Å². The SMILES string of the molecule is CCOC(=O)c1c(C)[nH]c(C(=O)[C@@H](C)OC(=O)c2c3c(nc4ccccc24)/C(=C/c2ccc(F)cc2)CCC3)c1C. The number of hydrogen-bond donors (Lipinski definition) is 1. The van der Waals surface area contributed by atoms with Crippen molar-refractivity contribution in [2.75, 3.05) is 6.61 Å². The Hall–Kier alpha value is -4.59. The molecule has 1 aliphatic carbocycles. The van der Waals surface area contributed by atoms with Crippen molar-refractivity contribution in [2.45, 2.75) is 53.1 Å². The molecule has 0 spiro atoms. The van der Waals surface area contributed by atoms with E-state index >= 15 is 0 Å². The van der Waals surface area contributed by atoms with Crippen LogP contribution in [0.5, 0.6) is 0 Å². The maximum Gasteiger partial charge on any atom is 0.340 e. The molecule has 0 saturated heterocycles. The van der Waals surface area contributed by atoms with Gasteiger partial charge in [-0.15, -0.1) is 0 Å². The minimum atomic E-state index is -1.12. The van der Waals surface area contributed by atoms with Crippen molar-refractivity contribution in [3.05, 3.63) is 99.2 Å². The first-order valence-electron chi connectivity index (χ1n) is 13.7. The third-order valence-electron chi connectivity index (χ3n) is 7.40. The summed E-state index contributed by atoms with van der Waals surface area (Å²) in [7, 11) is 0. The van der Waals surface area contributed by atoms with Crippen molar-refractivity contribution < 1.29 is 28.2 Å². The number of rotatable bonds is 7. The van der Waals surface area contributed by atoms with Crippen LogP contribution in [0.2, 0.25) is 0 Å². The molecule has 41 heavy (non-hydrogen) atoms. The molecule has 2 aromatic heterocycles. The number of esters is 2. The molecule has 1 aliphatic rings. The fraction of sp³-hybridized carbons (Fsp3) is 0.273. The summed E-state index contributed by atoms with van der Waals surface area (Å²) in [4.78, 5) is 47.5. The number of allylic oxidation sites excluding steroid dienone is 1. The fourth-order valence-electron chi connectivity index (χ4n) is 5.45.